The Morgan fingerprint density at radius 1 is 1.47 bits per heavy atom. The van der Waals surface area contributed by atoms with E-state index in [9.17, 15) is 4.79 Å². The molecule has 2 heterocycles. The van der Waals surface area contributed by atoms with Crippen LogP contribution in [-0.4, -0.2) is 31.6 Å². The summed E-state index contributed by atoms with van der Waals surface area (Å²) in [5, 5.41) is 6.50. The van der Waals surface area contributed by atoms with Crippen LogP contribution < -0.4 is 15.5 Å². The first-order valence-electron chi connectivity index (χ1n) is 7.12. The fourth-order valence-corrected chi connectivity index (χ4v) is 3.17. The molecule has 0 radical (unpaired) electrons. The molecule has 2 aliphatic rings. The zero-order valence-electron chi connectivity index (χ0n) is 11.4. The van der Waals surface area contributed by atoms with Gasteiger partial charge in [-0.15, -0.1) is 0 Å². The van der Waals surface area contributed by atoms with Gasteiger partial charge in [0.25, 0.3) is 0 Å². The summed E-state index contributed by atoms with van der Waals surface area (Å²) in [7, 11) is 0. The second-order valence-corrected chi connectivity index (χ2v) is 5.47. The molecular weight excluding hydrogens is 238 g/mol. The van der Waals surface area contributed by atoms with Gasteiger partial charge in [-0.25, -0.2) is 0 Å². The van der Waals surface area contributed by atoms with E-state index >= 15 is 0 Å². The molecule has 1 atom stereocenters. The first-order valence-corrected chi connectivity index (χ1v) is 7.12. The highest BCUT2D eigenvalue weighted by Gasteiger charge is 2.25. The number of benzene rings is 1. The summed E-state index contributed by atoms with van der Waals surface area (Å²) in [5.41, 5.74) is 4.07. The van der Waals surface area contributed by atoms with E-state index in [0.29, 0.717) is 6.04 Å². The number of nitrogens with zero attached hydrogens (tertiary/aromatic N) is 1. The first-order chi connectivity index (χ1) is 9.24. The van der Waals surface area contributed by atoms with Gasteiger partial charge in [0.05, 0.1) is 0 Å². The monoisotopic (exact) mass is 259 g/mol. The molecule has 2 aliphatic heterocycles. The third kappa shape index (κ3) is 2.53. The number of carbonyl (C=O) groups excluding carboxylic acids is 1. The van der Waals surface area contributed by atoms with Crippen LogP contribution in [0.5, 0.6) is 0 Å². The van der Waals surface area contributed by atoms with Crippen molar-refractivity contribution in [2.75, 3.05) is 29.9 Å². The summed E-state index contributed by atoms with van der Waals surface area (Å²) in [5.74, 6) is 0.0728. The van der Waals surface area contributed by atoms with Crippen molar-refractivity contribution in [3.8, 4) is 0 Å². The number of hydrogen-bond acceptors (Lipinski definition) is 3. The van der Waals surface area contributed by atoms with Crippen molar-refractivity contribution in [3.63, 3.8) is 0 Å². The summed E-state index contributed by atoms with van der Waals surface area (Å²) >= 11 is 0. The van der Waals surface area contributed by atoms with Crippen molar-refractivity contribution < 1.29 is 4.79 Å². The average molecular weight is 259 g/mol. The van der Waals surface area contributed by atoms with Crippen LogP contribution in [0.25, 0.3) is 0 Å². The molecule has 4 heteroatoms. The molecule has 0 aliphatic carbocycles. The Kier molecular flexibility index (Phi) is 3.32. The van der Waals surface area contributed by atoms with Crippen molar-refractivity contribution in [3.05, 3.63) is 23.8 Å². The van der Waals surface area contributed by atoms with Gasteiger partial charge >= 0.3 is 0 Å². The lowest BCUT2D eigenvalue weighted by Crippen LogP contribution is -2.35. The molecule has 0 saturated carbocycles. The highest BCUT2D eigenvalue weighted by Crippen LogP contribution is 2.33. The third-order valence-corrected chi connectivity index (χ3v) is 4.01. The molecule has 1 aromatic carbocycles. The first kappa shape index (κ1) is 12.3. The average Bonchev–Trinajstić information content (AvgIpc) is 2.85. The van der Waals surface area contributed by atoms with Gasteiger partial charge in [-0.05, 0) is 37.0 Å². The van der Waals surface area contributed by atoms with Crippen LogP contribution in [0.3, 0.4) is 0 Å². The minimum atomic E-state index is 0.0728. The van der Waals surface area contributed by atoms with Gasteiger partial charge in [0.1, 0.15) is 0 Å². The zero-order chi connectivity index (χ0) is 13.2. The number of carbonyl (C=O) groups is 1. The highest BCUT2D eigenvalue weighted by atomic mass is 16.1. The molecule has 4 nitrogen and oxygen atoms in total. The van der Waals surface area contributed by atoms with E-state index in [1.807, 2.05) is 0 Å². The summed E-state index contributed by atoms with van der Waals surface area (Å²) in [6.07, 6.45) is 3.39. The van der Waals surface area contributed by atoms with Gasteiger partial charge in [-0.2, -0.15) is 0 Å². The lowest BCUT2D eigenvalue weighted by Gasteiger charge is -2.27. The van der Waals surface area contributed by atoms with Gasteiger partial charge in [0.15, 0.2) is 0 Å². The molecule has 2 N–H and O–H groups in total. The largest absolute Gasteiger partial charge is 0.385 e. The van der Waals surface area contributed by atoms with Gasteiger partial charge in [-0.1, -0.05) is 6.07 Å². The molecule has 19 heavy (non-hydrogen) atoms. The van der Waals surface area contributed by atoms with Crippen LogP contribution in [0.4, 0.5) is 11.4 Å². The van der Waals surface area contributed by atoms with E-state index in [2.05, 4.69) is 33.7 Å². The second-order valence-electron chi connectivity index (χ2n) is 5.47. The van der Waals surface area contributed by atoms with Crippen molar-refractivity contribution in [1.82, 2.24) is 5.32 Å². The maximum absolute atomic E-state index is 11.1. The zero-order valence-corrected chi connectivity index (χ0v) is 11.4. The number of hydrogen-bond donors (Lipinski definition) is 2. The minimum Gasteiger partial charge on any atom is -0.385 e. The van der Waals surface area contributed by atoms with E-state index in [1.165, 1.54) is 23.4 Å². The lowest BCUT2D eigenvalue weighted by molar-refractivity contribution is -0.119. The Morgan fingerprint density at radius 3 is 3.21 bits per heavy atom. The Balaban J connectivity index is 1.78. The van der Waals surface area contributed by atoms with E-state index < -0.39 is 0 Å². The van der Waals surface area contributed by atoms with Crippen LogP contribution >= 0.6 is 0 Å². The van der Waals surface area contributed by atoms with Crippen LogP contribution in [0.15, 0.2) is 18.2 Å². The SMILES string of the molecule is CC(=O)NC1CCN(c2cccc3c2CCCN3)C1. The number of amides is 1. The Labute approximate surface area is 114 Å². The number of rotatable bonds is 2. The summed E-state index contributed by atoms with van der Waals surface area (Å²) in [6, 6.07) is 6.80. The topological polar surface area (TPSA) is 44.4 Å². The smallest absolute Gasteiger partial charge is 0.217 e. The molecule has 0 spiro atoms. The lowest BCUT2D eigenvalue weighted by atomic mass is 10.0. The van der Waals surface area contributed by atoms with Crippen LogP contribution in [0.2, 0.25) is 0 Å². The van der Waals surface area contributed by atoms with Crippen molar-refractivity contribution in [1.29, 1.82) is 0 Å². The van der Waals surface area contributed by atoms with Crippen LogP contribution in [-0.2, 0) is 11.2 Å². The van der Waals surface area contributed by atoms with Crippen LogP contribution in [0.1, 0.15) is 25.3 Å². The van der Waals surface area contributed by atoms with E-state index in [4.69, 9.17) is 0 Å². The molecule has 1 saturated heterocycles. The maximum atomic E-state index is 11.1. The minimum absolute atomic E-state index is 0.0728. The van der Waals surface area contributed by atoms with Gasteiger partial charge in [0.2, 0.25) is 5.91 Å². The molecule has 3 rings (SSSR count). The standard InChI is InChI=1S/C15H21N3O/c1-11(19)17-12-7-9-18(10-12)15-6-2-5-14-13(15)4-3-8-16-14/h2,5-6,12,16H,3-4,7-10H2,1H3,(H,17,19). The quantitative estimate of drug-likeness (QED) is 0.850. The Hall–Kier alpha value is -1.71. The highest BCUT2D eigenvalue weighted by molar-refractivity contribution is 5.73. The number of fused-ring (bicyclic) bond motifs is 1. The second kappa shape index (κ2) is 5.11. The van der Waals surface area contributed by atoms with E-state index in [0.717, 1.165) is 32.5 Å². The van der Waals surface area contributed by atoms with Gasteiger partial charge < -0.3 is 15.5 Å². The molecule has 1 aromatic rings. The Bertz CT molecular complexity index is 486. The van der Waals surface area contributed by atoms with Gasteiger partial charge in [0, 0.05) is 44.0 Å². The number of anilines is 2. The van der Waals surface area contributed by atoms with E-state index in [-0.39, 0.29) is 5.91 Å². The van der Waals surface area contributed by atoms with E-state index in [1.54, 1.807) is 6.92 Å². The van der Waals surface area contributed by atoms with Crippen LogP contribution in [0, 0.1) is 0 Å². The summed E-state index contributed by atoms with van der Waals surface area (Å²) in [6.45, 7) is 4.62. The third-order valence-electron chi connectivity index (χ3n) is 4.01. The predicted molar refractivity (Wildman–Crippen MR) is 77.7 cm³/mol. The molecule has 0 aromatic heterocycles. The molecule has 1 amide bonds. The fraction of sp³-hybridized carbons (Fsp3) is 0.533. The normalized spacial score (nSPS) is 21.7. The molecule has 1 fully saturated rings. The van der Waals surface area contributed by atoms with Gasteiger partial charge in [-0.3, -0.25) is 4.79 Å². The molecule has 1 unspecified atom stereocenters. The molecule has 0 bridgehead atoms. The maximum Gasteiger partial charge on any atom is 0.217 e. The van der Waals surface area contributed by atoms with Crippen molar-refractivity contribution in [2.24, 2.45) is 0 Å². The Morgan fingerprint density at radius 2 is 2.37 bits per heavy atom. The summed E-state index contributed by atoms with van der Waals surface area (Å²) < 4.78 is 0. The molecular formula is C15H21N3O. The summed E-state index contributed by atoms with van der Waals surface area (Å²) in [4.78, 5) is 13.5. The predicted octanol–water partition coefficient (Wildman–Crippen LogP) is 1.76. The van der Waals surface area contributed by atoms with Crippen molar-refractivity contribution in [2.45, 2.75) is 32.2 Å². The van der Waals surface area contributed by atoms with Crippen molar-refractivity contribution >= 4 is 17.3 Å². The molecule has 102 valence electrons. The fourth-order valence-electron chi connectivity index (χ4n) is 3.17. The number of nitrogens with one attached hydrogen (secondary N) is 2.